The highest BCUT2D eigenvalue weighted by atomic mass is 16.6. The summed E-state index contributed by atoms with van der Waals surface area (Å²) in [5.41, 5.74) is 0.448. The van der Waals surface area contributed by atoms with Crippen LogP contribution in [-0.2, 0) is 18.9 Å². The first kappa shape index (κ1) is 22.5. The lowest BCUT2D eigenvalue weighted by Gasteiger charge is -2.44. The molecule has 3 atom stereocenters. The maximum absolute atomic E-state index is 6.12. The number of ether oxygens (including phenoxy) is 4. The van der Waals surface area contributed by atoms with Crippen molar-refractivity contribution in [1.29, 1.82) is 0 Å². The minimum Gasteiger partial charge on any atom is -0.378 e. The Labute approximate surface area is 173 Å². The van der Waals surface area contributed by atoms with Crippen molar-refractivity contribution in [1.82, 2.24) is 0 Å². The van der Waals surface area contributed by atoms with Crippen molar-refractivity contribution in [3.8, 4) is 0 Å². The van der Waals surface area contributed by atoms with Gasteiger partial charge in [0.05, 0.1) is 38.1 Å². The van der Waals surface area contributed by atoms with Gasteiger partial charge in [-0.25, -0.2) is 0 Å². The third kappa shape index (κ3) is 6.42. The zero-order valence-corrected chi connectivity index (χ0v) is 19.0. The van der Waals surface area contributed by atoms with Crippen molar-refractivity contribution < 1.29 is 18.9 Å². The summed E-state index contributed by atoms with van der Waals surface area (Å²) >= 11 is 0. The molecule has 2 unspecified atom stereocenters. The van der Waals surface area contributed by atoms with E-state index in [1.54, 1.807) is 0 Å². The highest BCUT2D eigenvalue weighted by Gasteiger charge is 2.38. The molecule has 1 aliphatic heterocycles. The zero-order valence-electron chi connectivity index (χ0n) is 19.0. The van der Waals surface area contributed by atoms with E-state index in [1.807, 2.05) is 0 Å². The summed E-state index contributed by atoms with van der Waals surface area (Å²) in [5.74, 6) is 2.94. The standard InChI is InChI=1S/C24H44O4/c1-17(6-8-27-22-14-20(15-22)24(3,4)5)19-12-21(13-19)26-9-7-18(2)23-16-25-10-11-28-23/h17-23H,6-16H2,1-5H3/t17?,18?,19?,20?,21?,22?,23-/m0/s1. The Kier molecular flexibility index (Phi) is 8.23. The molecule has 2 saturated carbocycles. The molecule has 28 heavy (non-hydrogen) atoms. The Balaban J connectivity index is 1.18. The molecule has 0 radical (unpaired) electrons. The second kappa shape index (κ2) is 10.2. The Hall–Kier alpha value is -0.160. The van der Waals surface area contributed by atoms with Crippen LogP contribution in [0.4, 0.5) is 0 Å². The lowest BCUT2D eigenvalue weighted by molar-refractivity contribution is -0.116. The molecule has 0 spiro atoms. The van der Waals surface area contributed by atoms with E-state index in [4.69, 9.17) is 18.9 Å². The maximum atomic E-state index is 6.12. The van der Waals surface area contributed by atoms with E-state index in [2.05, 4.69) is 34.6 Å². The summed E-state index contributed by atoms with van der Waals surface area (Å²) in [5, 5.41) is 0. The molecule has 164 valence electrons. The normalized spacial score (nSPS) is 35.7. The highest BCUT2D eigenvalue weighted by molar-refractivity contribution is 4.88. The first-order valence-corrected chi connectivity index (χ1v) is 11.8. The summed E-state index contributed by atoms with van der Waals surface area (Å²) in [6.45, 7) is 15.7. The van der Waals surface area contributed by atoms with Gasteiger partial charge in [0.1, 0.15) is 0 Å². The van der Waals surface area contributed by atoms with Crippen LogP contribution in [0.15, 0.2) is 0 Å². The minimum atomic E-state index is 0.251. The Morgan fingerprint density at radius 2 is 1.46 bits per heavy atom. The average molecular weight is 397 g/mol. The van der Waals surface area contributed by atoms with Gasteiger partial charge in [-0.15, -0.1) is 0 Å². The third-order valence-corrected chi connectivity index (χ3v) is 7.59. The molecule has 3 rings (SSSR count). The summed E-state index contributed by atoms with van der Waals surface area (Å²) in [7, 11) is 0. The van der Waals surface area contributed by atoms with E-state index >= 15 is 0 Å². The fourth-order valence-corrected chi connectivity index (χ4v) is 4.71. The van der Waals surface area contributed by atoms with E-state index in [-0.39, 0.29) is 6.10 Å². The van der Waals surface area contributed by atoms with Crippen LogP contribution in [0.5, 0.6) is 0 Å². The fraction of sp³-hybridized carbons (Fsp3) is 1.00. The monoisotopic (exact) mass is 396 g/mol. The van der Waals surface area contributed by atoms with Crippen LogP contribution in [0.3, 0.4) is 0 Å². The molecule has 4 nitrogen and oxygen atoms in total. The molecule has 0 aromatic heterocycles. The van der Waals surface area contributed by atoms with Crippen LogP contribution in [-0.4, -0.2) is 51.3 Å². The molecule has 4 heteroatoms. The Morgan fingerprint density at radius 1 is 0.857 bits per heavy atom. The lowest BCUT2D eigenvalue weighted by atomic mass is 9.67. The SMILES string of the molecule is CC(CCOC1CC(C(C)(C)C)C1)C1CC(OCCC(C)[C@@H]2COCCO2)C1. The van der Waals surface area contributed by atoms with Crippen LogP contribution in [0.25, 0.3) is 0 Å². The van der Waals surface area contributed by atoms with E-state index < -0.39 is 0 Å². The zero-order chi connectivity index (χ0) is 20.1. The van der Waals surface area contributed by atoms with Crippen molar-refractivity contribution in [3.63, 3.8) is 0 Å². The number of hydrogen-bond acceptors (Lipinski definition) is 4. The predicted octanol–water partition coefficient (Wildman–Crippen LogP) is 5.09. The molecule has 1 heterocycles. The molecule has 0 amide bonds. The van der Waals surface area contributed by atoms with Gasteiger partial charge in [-0.2, -0.15) is 0 Å². The van der Waals surface area contributed by atoms with Crippen molar-refractivity contribution in [2.75, 3.05) is 33.0 Å². The smallest absolute Gasteiger partial charge is 0.0835 e. The van der Waals surface area contributed by atoms with Crippen molar-refractivity contribution in [3.05, 3.63) is 0 Å². The summed E-state index contributed by atoms with van der Waals surface area (Å²) in [6, 6.07) is 0. The van der Waals surface area contributed by atoms with Crippen molar-refractivity contribution >= 4 is 0 Å². The molecule has 3 fully saturated rings. The van der Waals surface area contributed by atoms with Gasteiger partial charge in [0, 0.05) is 13.2 Å². The van der Waals surface area contributed by atoms with Gasteiger partial charge in [0.2, 0.25) is 0 Å². The molecular formula is C24H44O4. The van der Waals surface area contributed by atoms with Crippen LogP contribution < -0.4 is 0 Å². The van der Waals surface area contributed by atoms with Crippen LogP contribution in [0.1, 0.15) is 73.1 Å². The minimum absolute atomic E-state index is 0.251. The molecular weight excluding hydrogens is 352 g/mol. The molecule has 2 aliphatic carbocycles. The second-order valence-corrected chi connectivity index (χ2v) is 10.8. The molecule has 0 aromatic carbocycles. The Bertz CT molecular complexity index is 442. The number of rotatable bonds is 10. The van der Waals surface area contributed by atoms with Gasteiger partial charge in [0.25, 0.3) is 0 Å². The lowest BCUT2D eigenvalue weighted by Crippen LogP contribution is -2.40. The molecule has 3 aliphatic rings. The van der Waals surface area contributed by atoms with Gasteiger partial charge in [-0.05, 0) is 67.6 Å². The summed E-state index contributed by atoms with van der Waals surface area (Å²) in [6.07, 6.45) is 8.49. The molecule has 1 saturated heterocycles. The van der Waals surface area contributed by atoms with Gasteiger partial charge >= 0.3 is 0 Å². The van der Waals surface area contributed by atoms with Crippen molar-refractivity contribution in [2.24, 2.45) is 29.1 Å². The van der Waals surface area contributed by atoms with Gasteiger partial charge in [-0.3, -0.25) is 0 Å². The topological polar surface area (TPSA) is 36.9 Å². The Morgan fingerprint density at radius 3 is 2.04 bits per heavy atom. The molecule has 0 bridgehead atoms. The van der Waals surface area contributed by atoms with Crippen LogP contribution >= 0.6 is 0 Å². The third-order valence-electron chi connectivity index (χ3n) is 7.59. The number of hydrogen-bond donors (Lipinski definition) is 0. The van der Waals surface area contributed by atoms with Gasteiger partial charge in [0.15, 0.2) is 0 Å². The first-order valence-electron chi connectivity index (χ1n) is 11.8. The van der Waals surface area contributed by atoms with Crippen molar-refractivity contribution in [2.45, 2.75) is 91.5 Å². The second-order valence-electron chi connectivity index (χ2n) is 10.8. The first-order chi connectivity index (χ1) is 13.3. The maximum Gasteiger partial charge on any atom is 0.0835 e. The quantitative estimate of drug-likeness (QED) is 0.515. The summed E-state index contributed by atoms with van der Waals surface area (Å²) in [4.78, 5) is 0. The summed E-state index contributed by atoms with van der Waals surface area (Å²) < 4.78 is 23.5. The largest absolute Gasteiger partial charge is 0.378 e. The fourth-order valence-electron chi connectivity index (χ4n) is 4.71. The predicted molar refractivity (Wildman–Crippen MR) is 113 cm³/mol. The highest BCUT2D eigenvalue weighted by Crippen LogP contribution is 2.43. The van der Waals surface area contributed by atoms with Crippen LogP contribution in [0, 0.1) is 29.1 Å². The van der Waals surface area contributed by atoms with Gasteiger partial charge < -0.3 is 18.9 Å². The van der Waals surface area contributed by atoms with E-state index in [1.165, 1.54) is 32.1 Å². The van der Waals surface area contributed by atoms with E-state index in [9.17, 15) is 0 Å². The van der Waals surface area contributed by atoms with E-state index in [0.29, 0.717) is 23.5 Å². The van der Waals surface area contributed by atoms with E-state index in [0.717, 1.165) is 57.2 Å². The van der Waals surface area contributed by atoms with Crippen LogP contribution in [0.2, 0.25) is 0 Å². The molecule has 0 N–H and O–H groups in total. The van der Waals surface area contributed by atoms with Gasteiger partial charge in [-0.1, -0.05) is 34.6 Å². The average Bonchev–Trinajstić information content (AvgIpc) is 2.58. The molecule has 0 aromatic rings.